The van der Waals surface area contributed by atoms with E-state index in [0.29, 0.717) is 0 Å². The maximum atomic E-state index is 10.5. The van der Waals surface area contributed by atoms with E-state index in [1.165, 1.54) is 6.92 Å². The minimum absolute atomic E-state index is 0.0594. The summed E-state index contributed by atoms with van der Waals surface area (Å²) in [5, 5.41) is 16.8. The Balaban J connectivity index is 3.77. The van der Waals surface area contributed by atoms with Crippen LogP contribution in [0, 0.1) is 0 Å². The maximum absolute atomic E-state index is 10.5. The van der Waals surface area contributed by atoms with Gasteiger partial charge in [0.15, 0.2) is 6.10 Å². The highest BCUT2D eigenvalue weighted by Gasteiger charge is 2.17. The quantitative estimate of drug-likeness (QED) is 0.403. The zero-order valence-corrected chi connectivity index (χ0v) is 6.11. The Hall–Kier alpha value is -0.940. The van der Waals surface area contributed by atoms with Crippen LogP contribution in [0.3, 0.4) is 0 Å². The molecule has 0 aliphatic rings. The Morgan fingerprint density at radius 1 is 1.55 bits per heavy atom. The summed E-state index contributed by atoms with van der Waals surface area (Å²) >= 11 is 0. The van der Waals surface area contributed by atoms with Crippen molar-refractivity contribution in [3.05, 3.63) is 0 Å². The van der Waals surface area contributed by atoms with Gasteiger partial charge in [-0.2, -0.15) is 0 Å². The first-order chi connectivity index (χ1) is 5.11. The average Bonchev–Trinajstić information content (AvgIpc) is 2.02. The van der Waals surface area contributed by atoms with Crippen molar-refractivity contribution in [1.82, 2.24) is 0 Å². The molecule has 2 N–H and O–H groups in total. The predicted octanol–water partition coefficient (Wildman–Crippen LogP) is -1.18. The van der Waals surface area contributed by atoms with E-state index in [9.17, 15) is 9.59 Å². The lowest BCUT2D eigenvalue weighted by Crippen LogP contribution is -2.28. The van der Waals surface area contributed by atoms with Crippen molar-refractivity contribution in [1.29, 1.82) is 0 Å². The molecule has 0 amide bonds. The number of aliphatic hydroxyl groups is 2. The van der Waals surface area contributed by atoms with E-state index in [0.717, 1.165) is 0 Å². The fourth-order valence-electron chi connectivity index (χ4n) is 0.327. The lowest BCUT2D eigenvalue weighted by atomic mass is 10.4. The second-order valence-corrected chi connectivity index (χ2v) is 1.85. The first-order valence-corrected chi connectivity index (χ1v) is 3.15. The first kappa shape index (κ1) is 10.1. The van der Waals surface area contributed by atoms with Gasteiger partial charge in [0.25, 0.3) is 0 Å². The highest BCUT2D eigenvalue weighted by molar-refractivity contribution is 5.87. The Bertz CT molecular complexity index is 153. The van der Waals surface area contributed by atoms with Gasteiger partial charge in [0.05, 0.1) is 6.61 Å². The van der Waals surface area contributed by atoms with E-state index in [2.05, 4.69) is 4.74 Å². The molecule has 11 heavy (non-hydrogen) atoms. The van der Waals surface area contributed by atoms with Gasteiger partial charge in [0.1, 0.15) is 0 Å². The normalized spacial score (nSPS) is 12.3. The van der Waals surface area contributed by atoms with Crippen molar-refractivity contribution in [2.75, 3.05) is 6.61 Å². The number of carbonyl (C=O) groups excluding carboxylic acids is 2. The van der Waals surface area contributed by atoms with Gasteiger partial charge in [-0.25, -0.2) is 4.79 Å². The second kappa shape index (κ2) is 4.81. The second-order valence-electron chi connectivity index (χ2n) is 1.85. The molecule has 1 atom stereocenters. The topological polar surface area (TPSA) is 83.8 Å². The lowest BCUT2D eigenvalue weighted by molar-refractivity contribution is -0.166. The van der Waals surface area contributed by atoms with Crippen LogP contribution in [-0.2, 0) is 14.3 Å². The van der Waals surface area contributed by atoms with Crippen LogP contribution in [0.2, 0.25) is 0 Å². The number of ether oxygens (including phenoxy) is 1. The summed E-state index contributed by atoms with van der Waals surface area (Å²) in [5.41, 5.74) is 0. The fourth-order valence-corrected chi connectivity index (χ4v) is 0.327. The monoisotopic (exact) mass is 162 g/mol. The molecular weight excluding hydrogens is 152 g/mol. The van der Waals surface area contributed by atoms with Gasteiger partial charge in [0.2, 0.25) is 0 Å². The van der Waals surface area contributed by atoms with Crippen LogP contribution >= 0.6 is 0 Å². The Morgan fingerprint density at radius 3 is 2.45 bits per heavy atom. The van der Waals surface area contributed by atoms with Crippen LogP contribution in [0.1, 0.15) is 13.3 Å². The summed E-state index contributed by atoms with van der Waals surface area (Å²) in [6, 6.07) is 0. The summed E-state index contributed by atoms with van der Waals surface area (Å²) in [6.45, 7) is 0.775. The standard InChI is InChI=1S/C6H10O5/c1-2-5(9)11-6(10)4(8)3-7/h4,7-8H,2-3H2,1H3. The number of hydrogen-bond donors (Lipinski definition) is 2. The number of carbonyl (C=O) groups is 2. The van der Waals surface area contributed by atoms with Gasteiger partial charge >= 0.3 is 11.9 Å². The molecular formula is C6H10O5. The van der Waals surface area contributed by atoms with Gasteiger partial charge in [0, 0.05) is 6.42 Å². The van der Waals surface area contributed by atoms with E-state index in [1.54, 1.807) is 0 Å². The summed E-state index contributed by atoms with van der Waals surface area (Å²) in [7, 11) is 0. The zero-order chi connectivity index (χ0) is 8.85. The smallest absolute Gasteiger partial charge is 0.345 e. The molecule has 0 fully saturated rings. The lowest BCUT2D eigenvalue weighted by Gasteiger charge is -2.04. The molecule has 0 aliphatic heterocycles. The SMILES string of the molecule is CCC(=O)OC(=O)C(O)CO. The molecule has 0 aromatic rings. The minimum atomic E-state index is -1.62. The van der Waals surface area contributed by atoms with E-state index in [1.807, 2.05) is 0 Å². The van der Waals surface area contributed by atoms with Gasteiger partial charge in [-0.15, -0.1) is 0 Å². The molecule has 0 aliphatic carbocycles. The summed E-state index contributed by atoms with van der Waals surface area (Å²) < 4.78 is 4.06. The molecule has 0 bridgehead atoms. The Morgan fingerprint density at radius 2 is 2.09 bits per heavy atom. The fraction of sp³-hybridized carbons (Fsp3) is 0.667. The summed E-state index contributed by atoms with van der Waals surface area (Å²) in [5.74, 6) is -1.83. The molecule has 0 saturated carbocycles. The largest absolute Gasteiger partial charge is 0.393 e. The molecule has 0 rings (SSSR count). The Labute approximate surface area is 63.6 Å². The maximum Gasteiger partial charge on any atom is 0.345 e. The molecule has 0 saturated heterocycles. The molecule has 0 heterocycles. The highest BCUT2D eigenvalue weighted by atomic mass is 16.6. The van der Waals surface area contributed by atoms with Crippen LogP contribution in [0.15, 0.2) is 0 Å². The van der Waals surface area contributed by atoms with Crippen molar-refractivity contribution in [2.45, 2.75) is 19.4 Å². The van der Waals surface area contributed by atoms with Crippen molar-refractivity contribution >= 4 is 11.9 Å². The van der Waals surface area contributed by atoms with Crippen molar-refractivity contribution in [3.63, 3.8) is 0 Å². The molecule has 5 heteroatoms. The van der Waals surface area contributed by atoms with Gasteiger partial charge in [-0.3, -0.25) is 4.79 Å². The number of hydrogen-bond acceptors (Lipinski definition) is 5. The number of rotatable bonds is 3. The van der Waals surface area contributed by atoms with Crippen molar-refractivity contribution in [2.24, 2.45) is 0 Å². The average molecular weight is 162 g/mol. The Kier molecular flexibility index (Phi) is 4.40. The molecule has 5 nitrogen and oxygen atoms in total. The van der Waals surface area contributed by atoms with Crippen LogP contribution in [0.5, 0.6) is 0 Å². The number of aliphatic hydroxyl groups excluding tert-OH is 2. The minimum Gasteiger partial charge on any atom is -0.393 e. The first-order valence-electron chi connectivity index (χ1n) is 3.15. The van der Waals surface area contributed by atoms with Crippen LogP contribution in [-0.4, -0.2) is 34.9 Å². The van der Waals surface area contributed by atoms with E-state index < -0.39 is 24.6 Å². The van der Waals surface area contributed by atoms with Crippen molar-refractivity contribution in [3.8, 4) is 0 Å². The zero-order valence-electron chi connectivity index (χ0n) is 6.11. The van der Waals surface area contributed by atoms with Crippen LogP contribution in [0.4, 0.5) is 0 Å². The summed E-state index contributed by atoms with van der Waals surface area (Å²) in [6.07, 6.45) is -1.56. The van der Waals surface area contributed by atoms with Gasteiger partial charge in [-0.1, -0.05) is 6.92 Å². The molecule has 0 aromatic carbocycles. The highest BCUT2D eigenvalue weighted by Crippen LogP contribution is 1.90. The predicted molar refractivity (Wildman–Crippen MR) is 34.5 cm³/mol. The number of esters is 2. The molecule has 1 unspecified atom stereocenters. The van der Waals surface area contributed by atoms with Crippen LogP contribution in [0.25, 0.3) is 0 Å². The van der Waals surface area contributed by atoms with Gasteiger partial charge < -0.3 is 14.9 Å². The molecule has 64 valence electrons. The van der Waals surface area contributed by atoms with E-state index >= 15 is 0 Å². The van der Waals surface area contributed by atoms with E-state index in [4.69, 9.17) is 10.2 Å². The summed E-state index contributed by atoms with van der Waals surface area (Å²) in [4.78, 5) is 20.9. The third-order valence-electron chi connectivity index (χ3n) is 0.948. The molecule has 0 radical (unpaired) electrons. The van der Waals surface area contributed by atoms with Crippen molar-refractivity contribution < 1.29 is 24.5 Å². The molecule has 0 aromatic heterocycles. The van der Waals surface area contributed by atoms with E-state index in [-0.39, 0.29) is 6.42 Å². The molecule has 0 spiro atoms. The third-order valence-corrected chi connectivity index (χ3v) is 0.948. The van der Waals surface area contributed by atoms with Crippen LogP contribution < -0.4 is 0 Å². The van der Waals surface area contributed by atoms with Gasteiger partial charge in [-0.05, 0) is 0 Å². The third kappa shape index (κ3) is 3.69.